The quantitative estimate of drug-likeness (QED) is 0.761. The summed E-state index contributed by atoms with van der Waals surface area (Å²) >= 11 is 0. The van der Waals surface area contributed by atoms with E-state index in [1.165, 1.54) is 7.11 Å². The summed E-state index contributed by atoms with van der Waals surface area (Å²) in [5.74, 6) is 1.15. The molecule has 0 aliphatic rings. The molecule has 2 heterocycles. The van der Waals surface area contributed by atoms with Gasteiger partial charge in [0, 0.05) is 25.5 Å². The van der Waals surface area contributed by atoms with Crippen LogP contribution in [-0.2, 0) is 9.53 Å². The van der Waals surface area contributed by atoms with Crippen molar-refractivity contribution in [3.63, 3.8) is 0 Å². The molecule has 0 saturated heterocycles. The number of ether oxygens (including phenoxy) is 1. The van der Waals surface area contributed by atoms with Crippen molar-refractivity contribution in [2.75, 3.05) is 30.8 Å². The van der Waals surface area contributed by atoms with Gasteiger partial charge in [-0.05, 0) is 6.92 Å². The SMILES string of the molecule is CCNc1cn2ccnc2c(NCCC(=O)OC)n1. The minimum Gasteiger partial charge on any atom is -0.469 e. The number of hydrogen-bond donors (Lipinski definition) is 2. The number of anilines is 2. The van der Waals surface area contributed by atoms with Gasteiger partial charge in [0.25, 0.3) is 0 Å². The lowest BCUT2D eigenvalue weighted by Crippen LogP contribution is -2.12. The summed E-state index contributed by atoms with van der Waals surface area (Å²) in [5.41, 5.74) is 0.728. The summed E-state index contributed by atoms with van der Waals surface area (Å²) in [6.07, 6.45) is 5.72. The van der Waals surface area contributed by atoms with Crippen LogP contribution in [0.3, 0.4) is 0 Å². The molecule has 0 fully saturated rings. The zero-order chi connectivity index (χ0) is 13.7. The van der Waals surface area contributed by atoms with Crippen molar-refractivity contribution in [2.45, 2.75) is 13.3 Å². The van der Waals surface area contributed by atoms with E-state index in [1.807, 2.05) is 23.7 Å². The second-order valence-electron chi connectivity index (χ2n) is 3.92. The number of nitrogens with one attached hydrogen (secondary N) is 2. The standard InChI is InChI=1S/C12H17N5O2/c1-3-13-9-8-17-7-6-15-12(17)11(16-9)14-5-4-10(18)19-2/h6-8,13H,3-5H2,1-2H3,(H,14,16). The van der Waals surface area contributed by atoms with E-state index in [0.29, 0.717) is 12.4 Å². The minimum absolute atomic E-state index is 0.255. The summed E-state index contributed by atoms with van der Waals surface area (Å²) < 4.78 is 6.47. The Morgan fingerprint density at radius 1 is 1.47 bits per heavy atom. The van der Waals surface area contributed by atoms with E-state index in [-0.39, 0.29) is 12.4 Å². The Bertz CT molecular complexity index is 566. The van der Waals surface area contributed by atoms with Crippen molar-refractivity contribution in [1.82, 2.24) is 14.4 Å². The van der Waals surface area contributed by atoms with Crippen LogP contribution in [0.1, 0.15) is 13.3 Å². The smallest absolute Gasteiger partial charge is 0.307 e. The van der Waals surface area contributed by atoms with Crippen LogP contribution in [0.5, 0.6) is 0 Å². The highest BCUT2D eigenvalue weighted by molar-refractivity contribution is 5.71. The molecule has 2 N–H and O–H groups in total. The second kappa shape index (κ2) is 6.03. The molecule has 0 aliphatic carbocycles. The molecule has 7 heteroatoms. The Morgan fingerprint density at radius 2 is 2.32 bits per heavy atom. The van der Waals surface area contributed by atoms with Gasteiger partial charge in [-0.1, -0.05) is 0 Å². The molecule has 0 radical (unpaired) electrons. The van der Waals surface area contributed by atoms with Crippen LogP contribution in [0, 0.1) is 0 Å². The molecule has 0 aliphatic heterocycles. The monoisotopic (exact) mass is 263 g/mol. The summed E-state index contributed by atoms with van der Waals surface area (Å²) in [4.78, 5) is 19.7. The van der Waals surface area contributed by atoms with Crippen molar-refractivity contribution in [3.05, 3.63) is 18.6 Å². The number of rotatable bonds is 6. The Kier molecular flexibility index (Phi) is 4.17. The van der Waals surface area contributed by atoms with E-state index in [9.17, 15) is 4.79 Å². The molecule has 19 heavy (non-hydrogen) atoms. The van der Waals surface area contributed by atoms with Crippen molar-refractivity contribution >= 4 is 23.3 Å². The molecule has 0 unspecified atom stereocenters. The number of methoxy groups -OCH3 is 1. The van der Waals surface area contributed by atoms with Crippen LogP contribution in [-0.4, -0.2) is 40.5 Å². The predicted molar refractivity (Wildman–Crippen MR) is 72.3 cm³/mol. The largest absolute Gasteiger partial charge is 0.469 e. The van der Waals surface area contributed by atoms with E-state index in [1.54, 1.807) is 6.20 Å². The topological polar surface area (TPSA) is 80.5 Å². The van der Waals surface area contributed by atoms with E-state index in [2.05, 4.69) is 25.3 Å². The van der Waals surface area contributed by atoms with Gasteiger partial charge in [0.2, 0.25) is 0 Å². The van der Waals surface area contributed by atoms with Crippen molar-refractivity contribution in [2.24, 2.45) is 0 Å². The molecule has 0 bridgehead atoms. The summed E-state index contributed by atoms with van der Waals surface area (Å²) in [6, 6.07) is 0. The van der Waals surface area contributed by atoms with Crippen LogP contribution in [0.15, 0.2) is 18.6 Å². The van der Waals surface area contributed by atoms with Crippen LogP contribution in [0.25, 0.3) is 5.65 Å². The highest BCUT2D eigenvalue weighted by atomic mass is 16.5. The van der Waals surface area contributed by atoms with E-state index >= 15 is 0 Å². The van der Waals surface area contributed by atoms with E-state index < -0.39 is 0 Å². The molecule has 102 valence electrons. The third-order valence-corrected chi connectivity index (χ3v) is 2.58. The summed E-state index contributed by atoms with van der Waals surface area (Å²) in [6.45, 7) is 3.25. The zero-order valence-corrected chi connectivity index (χ0v) is 11.0. The first-order chi connectivity index (χ1) is 9.24. The number of carbonyl (C=O) groups is 1. The van der Waals surface area contributed by atoms with Gasteiger partial charge in [0.05, 0.1) is 19.7 Å². The molecule has 0 atom stereocenters. The predicted octanol–water partition coefficient (Wildman–Crippen LogP) is 1.14. The molecule has 0 spiro atoms. The van der Waals surface area contributed by atoms with Gasteiger partial charge in [-0.15, -0.1) is 0 Å². The Hall–Kier alpha value is -2.31. The zero-order valence-electron chi connectivity index (χ0n) is 11.0. The molecular weight excluding hydrogens is 246 g/mol. The Morgan fingerprint density at radius 3 is 3.05 bits per heavy atom. The number of nitrogens with zero attached hydrogens (tertiary/aromatic N) is 3. The third-order valence-electron chi connectivity index (χ3n) is 2.58. The van der Waals surface area contributed by atoms with Gasteiger partial charge in [0.1, 0.15) is 5.82 Å². The van der Waals surface area contributed by atoms with E-state index in [4.69, 9.17) is 0 Å². The summed E-state index contributed by atoms with van der Waals surface area (Å²) in [5, 5.41) is 6.25. The van der Waals surface area contributed by atoms with Gasteiger partial charge in [0.15, 0.2) is 11.5 Å². The van der Waals surface area contributed by atoms with Crippen LogP contribution < -0.4 is 10.6 Å². The lowest BCUT2D eigenvalue weighted by atomic mass is 10.4. The highest BCUT2D eigenvalue weighted by Gasteiger charge is 2.07. The van der Waals surface area contributed by atoms with Gasteiger partial charge >= 0.3 is 5.97 Å². The van der Waals surface area contributed by atoms with E-state index in [0.717, 1.165) is 18.0 Å². The average molecular weight is 263 g/mol. The van der Waals surface area contributed by atoms with Gasteiger partial charge in [-0.25, -0.2) is 9.97 Å². The lowest BCUT2D eigenvalue weighted by Gasteiger charge is -2.09. The van der Waals surface area contributed by atoms with Crippen molar-refractivity contribution in [1.29, 1.82) is 0 Å². The maximum atomic E-state index is 11.1. The maximum Gasteiger partial charge on any atom is 0.307 e. The molecule has 0 saturated carbocycles. The maximum absolute atomic E-state index is 11.1. The number of fused-ring (bicyclic) bond motifs is 1. The molecular formula is C12H17N5O2. The fourth-order valence-corrected chi connectivity index (χ4v) is 1.70. The molecule has 2 rings (SSSR count). The fraction of sp³-hybridized carbons (Fsp3) is 0.417. The van der Waals surface area contributed by atoms with Crippen molar-refractivity contribution in [3.8, 4) is 0 Å². The first kappa shape index (κ1) is 13.1. The minimum atomic E-state index is -0.255. The van der Waals surface area contributed by atoms with Gasteiger partial charge in [-0.3, -0.25) is 4.79 Å². The molecule has 2 aromatic heterocycles. The lowest BCUT2D eigenvalue weighted by molar-refractivity contribution is -0.140. The number of aromatic nitrogens is 3. The number of carbonyl (C=O) groups excluding carboxylic acids is 1. The first-order valence-corrected chi connectivity index (χ1v) is 6.13. The first-order valence-electron chi connectivity index (χ1n) is 6.13. The van der Waals surface area contributed by atoms with Gasteiger partial charge in [-0.2, -0.15) is 0 Å². The fourth-order valence-electron chi connectivity index (χ4n) is 1.70. The second-order valence-corrected chi connectivity index (χ2v) is 3.92. The normalized spacial score (nSPS) is 10.4. The Balaban J connectivity index is 2.15. The molecule has 2 aromatic rings. The molecule has 0 aromatic carbocycles. The highest BCUT2D eigenvalue weighted by Crippen LogP contribution is 2.16. The summed E-state index contributed by atoms with van der Waals surface area (Å²) in [7, 11) is 1.37. The molecule has 7 nitrogen and oxygen atoms in total. The number of imidazole rings is 1. The van der Waals surface area contributed by atoms with Crippen molar-refractivity contribution < 1.29 is 9.53 Å². The third kappa shape index (κ3) is 3.12. The van der Waals surface area contributed by atoms with Crippen LogP contribution in [0.2, 0.25) is 0 Å². The van der Waals surface area contributed by atoms with Gasteiger partial charge < -0.3 is 19.8 Å². The number of hydrogen-bond acceptors (Lipinski definition) is 6. The van der Waals surface area contributed by atoms with Crippen LogP contribution in [0.4, 0.5) is 11.6 Å². The molecule has 0 amide bonds. The average Bonchev–Trinajstić information content (AvgIpc) is 2.87. The van der Waals surface area contributed by atoms with Crippen LogP contribution >= 0.6 is 0 Å². The Labute approximate surface area is 111 Å². The number of esters is 1.